The fraction of sp³-hybridized carbons (Fsp3) is 0.924. The Morgan fingerprint density at radius 3 is 0.694 bits per heavy atom. The maximum absolute atomic E-state index is 12.9. The Hall–Kier alpha value is -1.85. The molecular formula is C66H126O6. The van der Waals surface area contributed by atoms with Gasteiger partial charge in [-0.25, -0.2) is 0 Å². The average Bonchev–Trinajstić information content (AvgIpc) is 3.38. The summed E-state index contributed by atoms with van der Waals surface area (Å²) >= 11 is 0. The normalized spacial score (nSPS) is 12.0. The first-order chi connectivity index (χ1) is 35.5. The van der Waals surface area contributed by atoms with Crippen LogP contribution < -0.4 is 0 Å². The maximum Gasteiger partial charge on any atom is 0.306 e. The third-order valence-electron chi connectivity index (χ3n) is 15.0. The van der Waals surface area contributed by atoms with Gasteiger partial charge in [-0.2, -0.15) is 0 Å². The highest BCUT2D eigenvalue weighted by molar-refractivity contribution is 5.71. The van der Waals surface area contributed by atoms with Gasteiger partial charge in [-0.1, -0.05) is 322 Å². The third-order valence-corrected chi connectivity index (χ3v) is 15.0. The van der Waals surface area contributed by atoms with Crippen LogP contribution in [0.5, 0.6) is 0 Å². The van der Waals surface area contributed by atoms with Crippen LogP contribution >= 0.6 is 0 Å². The summed E-state index contributed by atoms with van der Waals surface area (Å²) < 4.78 is 17.0. The summed E-state index contributed by atoms with van der Waals surface area (Å²) in [7, 11) is 0. The number of unbranched alkanes of at least 4 members (excludes halogenated alkanes) is 48. The van der Waals surface area contributed by atoms with Crippen molar-refractivity contribution in [1.82, 2.24) is 0 Å². The lowest BCUT2D eigenvalue weighted by molar-refractivity contribution is -0.167. The highest BCUT2D eigenvalue weighted by Gasteiger charge is 2.19. The van der Waals surface area contributed by atoms with Crippen LogP contribution in [0.25, 0.3) is 0 Å². The van der Waals surface area contributed by atoms with E-state index >= 15 is 0 Å². The molecule has 0 rings (SSSR count). The summed E-state index contributed by atoms with van der Waals surface area (Å²) in [4.78, 5) is 38.3. The zero-order chi connectivity index (χ0) is 52.2. The molecular weight excluding hydrogens is 889 g/mol. The van der Waals surface area contributed by atoms with Crippen molar-refractivity contribution >= 4 is 17.9 Å². The van der Waals surface area contributed by atoms with Crippen molar-refractivity contribution in [2.45, 2.75) is 380 Å². The van der Waals surface area contributed by atoms with E-state index in [2.05, 4.69) is 32.9 Å². The minimum absolute atomic E-state index is 0.0651. The minimum atomic E-state index is -0.768. The van der Waals surface area contributed by atoms with Crippen LogP contribution in [0.4, 0.5) is 0 Å². The van der Waals surface area contributed by atoms with E-state index in [0.29, 0.717) is 19.3 Å². The predicted molar refractivity (Wildman–Crippen MR) is 312 cm³/mol. The van der Waals surface area contributed by atoms with Gasteiger partial charge in [0.1, 0.15) is 13.2 Å². The van der Waals surface area contributed by atoms with E-state index in [4.69, 9.17) is 14.2 Å². The van der Waals surface area contributed by atoms with Crippen LogP contribution in [0.15, 0.2) is 12.2 Å². The lowest BCUT2D eigenvalue weighted by Gasteiger charge is -2.18. The molecule has 0 bridgehead atoms. The van der Waals surface area contributed by atoms with Crippen molar-refractivity contribution in [1.29, 1.82) is 0 Å². The van der Waals surface area contributed by atoms with Crippen molar-refractivity contribution in [3.05, 3.63) is 12.2 Å². The third kappa shape index (κ3) is 59.0. The molecule has 1 atom stereocenters. The number of carbonyl (C=O) groups is 3. The van der Waals surface area contributed by atoms with E-state index in [1.807, 2.05) is 0 Å². The van der Waals surface area contributed by atoms with E-state index in [0.717, 1.165) is 57.8 Å². The predicted octanol–water partition coefficient (Wildman–Crippen LogP) is 22.1. The molecule has 0 heterocycles. The molecule has 0 saturated heterocycles. The van der Waals surface area contributed by atoms with Gasteiger partial charge in [0.25, 0.3) is 0 Å². The molecule has 426 valence electrons. The molecule has 0 N–H and O–H groups in total. The Morgan fingerprint density at radius 2 is 0.458 bits per heavy atom. The number of rotatable bonds is 61. The van der Waals surface area contributed by atoms with Gasteiger partial charge in [0.2, 0.25) is 0 Å². The van der Waals surface area contributed by atoms with Crippen LogP contribution in [-0.2, 0) is 28.6 Å². The molecule has 72 heavy (non-hydrogen) atoms. The first-order valence-corrected chi connectivity index (χ1v) is 32.7. The molecule has 6 heteroatoms. The molecule has 0 aliphatic rings. The Morgan fingerprint density at radius 1 is 0.264 bits per heavy atom. The summed E-state index contributed by atoms with van der Waals surface area (Å²) in [6.45, 7) is 6.72. The number of ether oxygens (including phenoxy) is 3. The molecule has 0 radical (unpaired) electrons. The Bertz CT molecular complexity index is 1120. The molecule has 0 fully saturated rings. The number of esters is 3. The van der Waals surface area contributed by atoms with Crippen LogP contribution in [0.3, 0.4) is 0 Å². The molecule has 0 saturated carbocycles. The highest BCUT2D eigenvalue weighted by atomic mass is 16.6. The number of allylic oxidation sites excluding steroid dienone is 2. The van der Waals surface area contributed by atoms with Gasteiger partial charge in [-0.15, -0.1) is 0 Å². The molecule has 1 unspecified atom stereocenters. The SMILES string of the molecule is CCCCCCCCC/C=C\CCCCCCCCCC(=O)OC(COC(=O)CCCCCCCCCCCCCCCCC)COC(=O)CCCCCCCCCCCCCCCCCCCCCCC. The standard InChI is InChI=1S/C66H126O6/c1-4-7-10-13-16-19-22-25-28-30-32-33-34-36-38-41-44-47-50-53-56-59-65(68)71-62-63(61-70-64(67)58-55-52-49-46-43-40-37-27-24-21-18-15-12-9-6-3)72-66(69)60-57-54-51-48-45-42-39-35-31-29-26-23-20-17-14-11-8-5-2/h29,31,63H,4-28,30,32-62H2,1-3H3/b31-29-. The molecule has 0 spiro atoms. The minimum Gasteiger partial charge on any atom is -0.462 e. The Kier molecular flexibility index (Phi) is 60.1. The summed E-state index contributed by atoms with van der Waals surface area (Å²) in [6.07, 6.45) is 72.2. The van der Waals surface area contributed by atoms with Crippen molar-refractivity contribution in [2.75, 3.05) is 13.2 Å². The second-order valence-electron chi connectivity index (χ2n) is 22.4. The van der Waals surface area contributed by atoms with Crippen molar-refractivity contribution in [2.24, 2.45) is 0 Å². The van der Waals surface area contributed by atoms with Gasteiger partial charge >= 0.3 is 17.9 Å². The zero-order valence-electron chi connectivity index (χ0n) is 49.0. The second kappa shape index (κ2) is 61.7. The van der Waals surface area contributed by atoms with Gasteiger partial charge in [0, 0.05) is 19.3 Å². The fourth-order valence-corrected chi connectivity index (χ4v) is 10.1. The fourth-order valence-electron chi connectivity index (χ4n) is 10.1. The van der Waals surface area contributed by atoms with Crippen molar-refractivity contribution in [3.8, 4) is 0 Å². The summed E-state index contributed by atoms with van der Waals surface area (Å²) in [5.74, 6) is -0.837. The lowest BCUT2D eigenvalue weighted by Crippen LogP contribution is -2.30. The molecule has 0 aromatic heterocycles. The van der Waals surface area contributed by atoms with Gasteiger partial charge in [0.05, 0.1) is 0 Å². The largest absolute Gasteiger partial charge is 0.462 e. The maximum atomic E-state index is 12.9. The van der Waals surface area contributed by atoms with Crippen molar-refractivity contribution < 1.29 is 28.6 Å². The van der Waals surface area contributed by atoms with Crippen LogP contribution in [0.1, 0.15) is 374 Å². The number of carbonyl (C=O) groups excluding carboxylic acids is 3. The molecule has 0 aromatic rings. The second-order valence-corrected chi connectivity index (χ2v) is 22.4. The zero-order valence-corrected chi connectivity index (χ0v) is 49.0. The highest BCUT2D eigenvalue weighted by Crippen LogP contribution is 2.18. The molecule has 0 aromatic carbocycles. The van der Waals surface area contributed by atoms with Gasteiger partial charge < -0.3 is 14.2 Å². The molecule has 0 amide bonds. The smallest absolute Gasteiger partial charge is 0.306 e. The lowest BCUT2D eigenvalue weighted by atomic mass is 10.0. The molecule has 0 aliphatic heterocycles. The molecule has 0 aliphatic carbocycles. The van der Waals surface area contributed by atoms with Gasteiger partial charge in [-0.05, 0) is 44.9 Å². The topological polar surface area (TPSA) is 78.9 Å². The van der Waals surface area contributed by atoms with E-state index in [9.17, 15) is 14.4 Å². The summed E-state index contributed by atoms with van der Waals surface area (Å²) in [5.41, 5.74) is 0. The van der Waals surface area contributed by atoms with Crippen molar-refractivity contribution in [3.63, 3.8) is 0 Å². The van der Waals surface area contributed by atoms with Crippen LogP contribution in [-0.4, -0.2) is 37.2 Å². The van der Waals surface area contributed by atoms with E-state index < -0.39 is 6.10 Å². The first kappa shape index (κ1) is 70.1. The average molecular weight is 1020 g/mol. The monoisotopic (exact) mass is 1010 g/mol. The Labute approximate surface area is 450 Å². The van der Waals surface area contributed by atoms with Crippen LogP contribution in [0, 0.1) is 0 Å². The number of hydrogen-bond donors (Lipinski definition) is 0. The van der Waals surface area contributed by atoms with Gasteiger partial charge in [0.15, 0.2) is 6.10 Å². The van der Waals surface area contributed by atoms with Gasteiger partial charge in [-0.3, -0.25) is 14.4 Å². The molecule has 6 nitrogen and oxygen atoms in total. The first-order valence-electron chi connectivity index (χ1n) is 32.7. The van der Waals surface area contributed by atoms with Crippen LogP contribution in [0.2, 0.25) is 0 Å². The van der Waals surface area contributed by atoms with E-state index in [-0.39, 0.29) is 31.1 Å². The van der Waals surface area contributed by atoms with E-state index in [1.165, 1.54) is 276 Å². The quantitative estimate of drug-likeness (QED) is 0.0261. The Balaban J connectivity index is 4.28. The summed E-state index contributed by atoms with van der Waals surface area (Å²) in [6, 6.07) is 0. The summed E-state index contributed by atoms with van der Waals surface area (Å²) in [5, 5.41) is 0. The number of hydrogen-bond acceptors (Lipinski definition) is 6. The van der Waals surface area contributed by atoms with E-state index in [1.54, 1.807) is 0 Å².